The van der Waals surface area contributed by atoms with E-state index in [0.29, 0.717) is 18.3 Å². The van der Waals surface area contributed by atoms with Crippen LogP contribution in [0.25, 0.3) is 0 Å². The van der Waals surface area contributed by atoms with E-state index in [1.54, 1.807) is 12.1 Å². The van der Waals surface area contributed by atoms with Crippen LogP contribution in [0.5, 0.6) is 5.75 Å². The second kappa shape index (κ2) is 6.84. The number of aromatic hydroxyl groups is 1. The average molecular weight is 258 g/mol. The first-order valence-electron chi connectivity index (χ1n) is 5.89. The molecule has 0 aliphatic carbocycles. The molecule has 0 radical (unpaired) electrons. The Hall–Kier alpha value is -0.770. The highest BCUT2D eigenvalue weighted by Gasteiger charge is 2.18. The maximum Gasteiger partial charge on any atom is 0.115 e. The van der Waals surface area contributed by atoms with Crippen LogP contribution in [0.15, 0.2) is 24.3 Å². The highest BCUT2D eigenvalue weighted by atomic mass is 35.5. The number of phenols is 1. The van der Waals surface area contributed by atoms with Crippen molar-refractivity contribution in [3.63, 3.8) is 0 Å². The lowest BCUT2D eigenvalue weighted by Crippen LogP contribution is -2.36. The highest BCUT2D eigenvalue weighted by molar-refractivity contribution is 5.85. The second-order valence-corrected chi connectivity index (χ2v) is 4.59. The van der Waals surface area contributed by atoms with Gasteiger partial charge >= 0.3 is 0 Å². The van der Waals surface area contributed by atoms with Gasteiger partial charge < -0.3 is 10.2 Å². The summed E-state index contributed by atoms with van der Waals surface area (Å²) >= 11 is 0. The molecule has 1 atom stereocenters. The van der Waals surface area contributed by atoms with Gasteiger partial charge in [-0.05, 0) is 43.0 Å². The lowest BCUT2D eigenvalue weighted by Gasteiger charge is -2.31. The number of aliphatic hydroxyl groups is 1. The molecule has 0 spiro atoms. The molecule has 1 fully saturated rings. The summed E-state index contributed by atoms with van der Waals surface area (Å²) in [4.78, 5) is 2.37. The lowest BCUT2D eigenvalue weighted by atomic mass is 9.98. The van der Waals surface area contributed by atoms with Gasteiger partial charge in [-0.2, -0.15) is 0 Å². The molecule has 1 aliphatic rings. The molecule has 1 aromatic rings. The second-order valence-electron chi connectivity index (χ2n) is 4.59. The van der Waals surface area contributed by atoms with Crippen LogP contribution < -0.4 is 0 Å². The van der Waals surface area contributed by atoms with Crippen molar-refractivity contribution in [2.45, 2.75) is 19.4 Å². The van der Waals surface area contributed by atoms with Crippen molar-refractivity contribution in [3.05, 3.63) is 29.8 Å². The molecule has 1 heterocycles. The standard InChI is InChI=1S/C13H19NO2.ClH/c15-10-12-2-1-7-14(9-12)8-11-3-5-13(16)6-4-11;/h3-6,12,15-16H,1-2,7-10H2;1H. The van der Waals surface area contributed by atoms with Crippen molar-refractivity contribution >= 4 is 12.4 Å². The van der Waals surface area contributed by atoms with Crippen molar-refractivity contribution in [1.82, 2.24) is 4.90 Å². The Morgan fingerprint density at radius 2 is 1.94 bits per heavy atom. The van der Waals surface area contributed by atoms with Gasteiger partial charge in [0.25, 0.3) is 0 Å². The zero-order valence-corrected chi connectivity index (χ0v) is 10.7. The Kier molecular flexibility index (Phi) is 5.75. The smallest absolute Gasteiger partial charge is 0.115 e. The van der Waals surface area contributed by atoms with Gasteiger partial charge in [-0.15, -0.1) is 12.4 Å². The molecule has 1 aliphatic heterocycles. The third kappa shape index (κ3) is 4.19. The van der Waals surface area contributed by atoms with Gasteiger partial charge in [-0.3, -0.25) is 4.90 Å². The third-order valence-electron chi connectivity index (χ3n) is 3.20. The highest BCUT2D eigenvalue weighted by Crippen LogP contribution is 2.18. The molecule has 0 aromatic heterocycles. The van der Waals surface area contributed by atoms with Crippen molar-refractivity contribution in [2.75, 3.05) is 19.7 Å². The Balaban J connectivity index is 0.00000144. The number of nitrogens with zero attached hydrogens (tertiary/aromatic N) is 1. The van der Waals surface area contributed by atoms with E-state index in [-0.39, 0.29) is 12.4 Å². The minimum absolute atomic E-state index is 0. The normalized spacial score (nSPS) is 20.9. The molecule has 0 saturated carbocycles. The van der Waals surface area contributed by atoms with Crippen LogP contribution in [-0.2, 0) is 6.54 Å². The summed E-state index contributed by atoms with van der Waals surface area (Å²) in [6.07, 6.45) is 2.31. The minimum atomic E-state index is 0. The van der Waals surface area contributed by atoms with Gasteiger partial charge in [0.05, 0.1) is 0 Å². The Morgan fingerprint density at radius 1 is 1.24 bits per heavy atom. The lowest BCUT2D eigenvalue weighted by molar-refractivity contribution is 0.116. The average Bonchev–Trinajstić information content (AvgIpc) is 2.32. The van der Waals surface area contributed by atoms with Gasteiger partial charge in [0, 0.05) is 19.7 Å². The molecular formula is C13H20ClNO2. The number of rotatable bonds is 3. The summed E-state index contributed by atoms with van der Waals surface area (Å²) in [5, 5.41) is 18.3. The van der Waals surface area contributed by atoms with Crippen LogP contribution in [0.1, 0.15) is 18.4 Å². The van der Waals surface area contributed by atoms with Crippen molar-refractivity contribution in [2.24, 2.45) is 5.92 Å². The van der Waals surface area contributed by atoms with Crippen LogP contribution in [0, 0.1) is 5.92 Å². The van der Waals surface area contributed by atoms with E-state index in [4.69, 9.17) is 5.11 Å². The maximum absolute atomic E-state index is 9.20. The SMILES string of the molecule is Cl.OCC1CCCN(Cc2ccc(O)cc2)C1. The number of hydrogen-bond donors (Lipinski definition) is 2. The Morgan fingerprint density at radius 3 is 2.59 bits per heavy atom. The van der Waals surface area contributed by atoms with E-state index in [1.807, 2.05) is 12.1 Å². The first-order chi connectivity index (χ1) is 7.78. The fourth-order valence-corrected chi connectivity index (χ4v) is 2.30. The van der Waals surface area contributed by atoms with Gasteiger partial charge in [-0.25, -0.2) is 0 Å². The van der Waals surface area contributed by atoms with Crippen LogP contribution in [0.3, 0.4) is 0 Å². The largest absolute Gasteiger partial charge is 0.508 e. The number of hydrogen-bond acceptors (Lipinski definition) is 3. The molecule has 2 N–H and O–H groups in total. The monoisotopic (exact) mass is 257 g/mol. The minimum Gasteiger partial charge on any atom is -0.508 e. The van der Waals surface area contributed by atoms with Gasteiger partial charge in [0.1, 0.15) is 5.75 Å². The van der Waals surface area contributed by atoms with Crippen molar-refractivity contribution in [3.8, 4) is 5.75 Å². The van der Waals surface area contributed by atoms with E-state index >= 15 is 0 Å². The molecule has 96 valence electrons. The quantitative estimate of drug-likeness (QED) is 0.871. The predicted molar refractivity (Wildman–Crippen MR) is 70.4 cm³/mol. The first-order valence-corrected chi connectivity index (χ1v) is 5.89. The topological polar surface area (TPSA) is 43.7 Å². The zero-order valence-electron chi connectivity index (χ0n) is 9.88. The summed E-state index contributed by atoms with van der Waals surface area (Å²) in [7, 11) is 0. The van der Waals surface area contributed by atoms with E-state index in [1.165, 1.54) is 12.0 Å². The van der Waals surface area contributed by atoms with Gasteiger partial charge in [-0.1, -0.05) is 12.1 Å². The first kappa shape index (κ1) is 14.3. The molecule has 2 rings (SSSR count). The van der Waals surface area contributed by atoms with Crippen LogP contribution in [-0.4, -0.2) is 34.8 Å². The fraction of sp³-hybridized carbons (Fsp3) is 0.538. The van der Waals surface area contributed by atoms with Crippen LogP contribution in [0.4, 0.5) is 0 Å². The zero-order chi connectivity index (χ0) is 11.4. The molecule has 1 saturated heterocycles. The number of aliphatic hydroxyl groups excluding tert-OH is 1. The number of likely N-dealkylation sites (tertiary alicyclic amines) is 1. The number of phenolic OH excluding ortho intramolecular Hbond substituents is 1. The Bertz CT molecular complexity index is 329. The summed E-state index contributed by atoms with van der Waals surface area (Å²) < 4.78 is 0. The van der Waals surface area contributed by atoms with Crippen LogP contribution >= 0.6 is 12.4 Å². The van der Waals surface area contributed by atoms with Crippen LogP contribution in [0.2, 0.25) is 0 Å². The van der Waals surface area contributed by atoms with E-state index in [0.717, 1.165) is 26.1 Å². The summed E-state index contributed by atoms with van der Waals surface area (Å²) in [5.74, 6) is 0.751. The summed E-state index contributed by atoms with van der Waals surface area (Å²) in [5.41, 5.74) is 1.22. The maximum atomic E-state index is 9.20. The van der Waals surface area contributed by atoms with E-state index in [9.17, 15) is 5.11 Å². The molecule has 4 heteroatoms. The molecule has 3 nitrogen and oxygen atoms in total. The number of benzene rings is 1. The molecular weight excluding hydrogens is 238 g/mol. The van der Waals surface area contributed by atoms with E-state index in [2.05, 4.69) is 4.90 Å². The fourth-order valence-electron chi connectivity index (χ4n) is 2.30. The van der Waals surface area contributed by atoms with E-state index < -0.39 is 0 Å². The van der Waals surface area contributed by atoms with Crippen molar-refractivity contribution in [1.29, 1.82) is 0 Å². The molecule has 0 bridgehead atoms. The summed E-state index contributed by atoms with van der Waals surface area (Å²) in [6.45, 7) is 3.30. The number of halogens is 1. The van der Waals surface area contributed by atoms with Crippen molar-refractivity contribution < 1.29 is 10.2 Å². The molecule has 0 amide bonds. The summed E-state index contributed by atoms with van der Waals surface area (Å²) in [6, 6.07) is 7.36. The van der Waals surface area contributed by atoms with Gasteiger partial charge in [0.15, 0.2) is 0 Å². The molecule has 17 heavy (non-hydrogen) atoms. The predicted octanol–water partition coefficient (Wildman–Crippen LogP) is 2.02. The third-order valence-corrected chi connectivity index (χ3v) is 3.20. The van der Waals surface area contributed by atoms with Gasteiger partial charge in [0.2, 0.25) is 0 Å². The molecule has 1 aromatic carbocycles. The Labute approximate surface area is 108 Å². The number of piperidine rings is 1. The molecule has 1 unspecified atom stereocenters.